The zero-order chi connectivity index (χ0) is 28.6. The molecule has 0 radical (unpaired) electrons. The maximum absolute atomic E-state index is 14.2. The molecule has 208 valence electrons. The summed E-state index contributed by atoms with van der Waals surface area (Å²) in [4.78, 5) is 42.3. The van der Waals surface area contributed by atoms with E-state index in [1.807, 2.05) is 71.0 Å². The highest BCUT2D eigenvalue weighted by atomic mass is 35.5. The van der Waals surface area contributed by atoms with Gasteiger partial charge in [-0.25, -0.2) is 4.79 Å². The summed E-state index contributed by atoms with van der Waals surface area (Å²) in [6.07, 6.45) is 0.592. The van der Waals surface area contributed by atoms with Crippen LogP contribution in [0.25, 0.3) is 0 Å². The molecule has 2 aromatic carbocycles. The summed E-state index contributed by atoms with van der Waals surface area (Å²) in [5.41, 5.74) is 2.30. The fourth-order valence-corrected chi connectivity index (χ4v) is 4.38. The van der Waals surface area contributed by atoms with Gasteiger partial charge in [-0.05, 0) is 64.2 Å². The van der Waals surface area contributed by atoms with Gasteiger partial charge in [-0.2, -0.15) is 0 Å². The lowest BCUT2D eigenvalue weighted by Gasteiger charge is -2.36. The van der Waals surface area contributed by atoms with Crippen LogP contribution < -0.4 is 10.6 Å². The molecule has 0 aliphatic rings. The summed E-state index contributed by atoms with van der Waals surface area (Å²) in [6, 6.07) is 11.1. The number of anilines is 1. The van der Waals surface area contributed by atoms with Gasteiger partial charge in [0.25, 0.3) is 5.91 Å². The number of nitrogens with one attached hydrogen (secondary N) is 2. The van der Waals surface area contributed by atoms with E-state index in [9.17, 15) is 14.4 Å². The summed E-state index contributed by atoms with van der Waals surface area (Å²) in [5.74, 6) is -0.919. The number of hydrogen-bond acceptors (Lipinski definition) is 4. The number of rotatable bonds is 10. The van der Waals surface area contributed by atoms with E-state index in [0.717, 1.165) is 11.1 Å². The van der Waals surface area contributed by atoms with Gasteiger partial charge < -0.3 is 20.3 Å². The second-order valence-corrected chi connectivity index (χ2v) is 11.2. The number of aryl methyl sites for hydroxylation is 2. The van der Waals surface area contributed by atoms with E-state index in [-0.39, 0.29) is 17.7 Å². The molecule has 0 heterocycles. The minimum atomic E-state index is -0.939. The van der Waals surface area contributed by atoms with Crippen molar-refractivity contribution in [2.75, 3.05) is 11.9 Å². The summed E-state index contributed by atoms with van der Waals surface area (Å²) in [6.45, 7) is 15.2. The van der Waals surface area contributed by atoms with E-state index >= 15 is 0 Å². The lowest BCUT2D eigenvalue weighted by atomic mass is 9.95. The molecular weight excluding hydrogens is 502 g/mol. The number of amides is 3. The van der Waals surface area contributed by atoms with E-state index in [0.29, 0.717) is 35.7 Å². The standard InChI is InChI=1S/C30H42ClN3O4/c1-9-18-34(28(36)25(20(4)10-2)33-29(37)38-30(6,7)8)26(22-16-14-19(3)15-17-22)27(35)32-24-21(5)12-11-13-23(24)31/h11-17,20,25-26H,9-10,18H2,1-8H3,(H,32,35)(H,33,37). The van der Waals surface area contributed by atoms with Crippen LogP contribution in [-0.2, 0) is 14.3 Å². The smallest absolute Gasteiger partial charge is 0.408 e. The maximum atomic E-state index is 14.2. The normalized spacial score (nSPS) is 13.7. The number of hydrogen-bond donors (Lipinski definition) is 2. The molecule has 0 aliphatic carbocycles. The number of alkyl carbamates (subject to hydrolysis) is 1. The van der Waals surface area contributed by atoms with E-state index in [1.54, 1.807) is 31.7 Å². The molecule has 8 heteroatoms. The maximum Gasteiger partial charge on any atom is 0.408 e. The van der Waals surface area contributed by atoms with Crippen LogP contribution in [0.1, 0.15) is 77.1 Å². The second kappa shape index (κ2) is 13.7. The summed E-state index contributed by atoms with van der Waals surface area (Å²) in [7, 11) is 0. The Labute approximate surface area is 232 Å². The van der Waals surface area contributed by atoms with E-state index < -0.39 is 23.8 Å². The van der Waals surface area contributed by atoms with Crippen LogP contribution in [0.2, 0.25) is 5.02 Å². The first-order valence-corrected chi connectivity index (χ1v) is 13.6. The Morgan fingerprint density at radius 3 is 2.18 bits per heavy atom. The monoisotopic (exact) mass is 543 g/mol. The van der Waals surface area contributed by atoms with Gasteiger partial charge in [0.2, 0.25) is 5.91 Å². The highest BCUT2D eigenvalue weighted by Gasteiger charge is 2.38. The Morgan fingerprint density at radius 2 is 1.66 bits per heavy atom. The lowest BCUT2D eigenvalue weighted by Crippen LogP contribution is -2.54. The first kappa shape index (κ1) is 31.2. The van der Waals surface area contributed by atoms with Crippen LogP contribution in [0.15, 0.2) is 42.5 Å². The van der Waals surface area contributed by atoms with Crippen LogP contribution in [-0.4, -0.2) is 41.0 Å². The van der Waals surface area contributed by atoms with Gasteiger partial charge in [0.1, 0.15) is 17.7 Å². The SMILES string of the molecule is CCCN(C(=O)C(NC(=O)OC(C)(C)C)C(C)CC)C(C(=O)Nc1c(C)cccc1Cl)c1ccc(C)cc1. The van der Waals surface area contributed by atoms with Crippen molar-refractivity contribution in [3.8, 4) is 0 Å². The van der Waals surface area contributed by atoms with Crippen molar-refractivity contribution in [3.63, 3.8) is 0 Å². The van der Waals surface area contributed by atoms with Crippen molar-refractivity contribution in [1.29, 1.82) is 0 Å². The Hall–Kier alpha value is -3.06. The molecule has 7 nitrogen and oxygen atoms in total. The first-order chi connectivity index (χ1) is 17.8. The van der Waals surface area contributed by atoms with Gasteiger partial charge in [-0.15, -0.1) is 0 Å². The molecule has 38 heavy (non-hydrogen) atoms. The van der Waals surface area contributed by atoms with Crippen molar-refractivity contribution in [2.45, 2.75) is 85.9 Å². The molecule has 2 rings (SSSR count). The number of para-hydroxylation sites is 1. The number of ether oxygens (including phenoxy) is 1. The molecule has 3 atom stereocenters. The molecule has 0 fully saturated rings. The molecule has 0 saturated heterocycles. The van der Waals surface area contributed by atoms with Gasteiger partial charge >= 0.3 is 6.09 Å². The third-order valence-electron chi connectivity index (χ3n) is 6.32. The number of nitrogens with zero attached hydrogens (tertiary/aromatic N) is 1. The largest absolute Gasteiger partial charge is 0.444 e. The highest BCUT2D eigenvalue weighted by molar-refractivity contribution is 6.34. The van der Waals surface area contributed by atoms with Crippen LogP contribution in [0.5, 0.6) is 0 Å². The van der Waals surface area contributed by atoms with Crippen LogP contribution in [0, 0.1) is 19.8 Å². The molecule has 0 aromatic heterocycles. The van der Waals surface area contributed by atoms with Crippen molar-refractivity contribution in [1.82, 2.24) is 10.2 Å². The van der Waals surface area contributed by atoms with Gasteiger partial charge in [-0.3, -0.25) is 9.59 Å². The Morgan fingerprint density at radius 1 is 1.03 bits per heavy atom. The summed E-state index contributed by atoms with van der Waals surface area (Å²) < 4.78 is 5.45. The molecule has 0 aliphatic heterocycles. The first-order valence-electron chi connectivity index (χ1n) is 13.2. The molecule has 2 aromatic rings. The van der Waals surface area contributed by atoms with Crippen molar-refractivity contribution >= 4 is 35.2 Å². The van der Waals surface area contributed by atoms with Crippen molar-refractivity contribution < 1.29 is 19.1 Å². The zero-order valence-electron chi connectivity index (χ0n) is 23.9. The van der Waals surface area contributed by atoms with Crippen molar-refractivity contribution in [3.05, 3.63) is 64.2 Å². The van der Waals surface area contributed by atoms with Gasteiger partial charge in [0, 0.05) is 6.54 Å². The minimum Gasteiger partial charge on any atom is -0.444 e. The molecule has 3 amide bonds. The molecule has 3 unspecified atom stereocenters. The average Bonchev–Trinajstić information content (AvgIpc) is 2.83. The summed E-state index contributed by atoms with van der Waals surface area (Å²) >= 11 is 6.41. The predicted octanol–water partition coefficient (Wildman–Crippen LogP) is 6.81. The third kappa shape index (κ3) is 8.48. The number of carbonyl (C=O) groups is 3. The third-order valence-corrected chi connectivity index (χ3v) is 6.64. The number of halogens is 1. The Bertz CT molecular complexity index is 1090. The lowest BCUT2D eigenvalue weighted by molar-refractivity contribution is -0.141. The topological polar surface area (TPSA) is 87.7 Å². The van der Waals surface area contributed by atoms with E-state index in [1.165, 1.54) is 0 Å². The second-order valence-electron chi connectivity index (χ2n) is 10.8. The van der Waals surface area contributed by atoms with Crippen molar-refractivity contribution in [2.24, 2.45) is 5.92 Å². The quantitative estimate of drug-likeness (QED) is 0.344. The van der Waals surface area contributed by atoms with Crippen LogP contribution >= 0.6 is 11.6 Å². The fraction of sp³-hybridized carbons (Fsp3) is 0.500. The fourth-order valence-electron chi connectivity index (χ4n) is 4.11. The van der Waals surface area contributed by atoms with Gasteiger partial charge in [-0.1, -0.05) is 80.8 Å². The van der Waals surface area contributed by atoms with E-state index in [2.05, 4.69) is 10.6 Å². The summed E-state index contributed by atoms with van der Waals surface area (Å²) in [5, 5.41) is 6.16. The predicted molar refractivity (Wildman–Crippen MR) is 153 cm³/mol. The Balaban J connectivity index is 2.55. The number of carbonyl (C=O) groups excluding carboxylic acids is 3. The number of benzene rings is 2. The minimum absolute atomic E-state index is 0.193. The molecular formula is C30H42ClN3O4. The average molecular weight is 544 g/mol. The van der Waals surface area contributed by atoms with E-state index in [4.69, 9.17) is 16.3 Å². The zero-order valence-corrected chi connectivity index (χ0v) is 24.6. The molecule has 0 spiro atoms. The van der Waals surface area contributed by atoms with Crippen LogP contribution in [0.3, 0.4) is 0 Å². The van der Waals surface area contributed by atoms with Gasteiger partial charge in [0.15, 0.2) is 0 Å². The van der Waals surface area contributed by atoms with Crippen LogP contribution in [0.4, 0.5) is 10.5 Å². The molecule has 2 N–H and O–H groups in total. The molecule has 0 saturated carbocycles. The van der Waals surface area contributed by atoms with Gasteiger partial charge in [0.05, 0.1) is 10.7 Å². The molecule has 0 bridgehead atoms. The Kier molecular flexibility index (Phi) is 11.2. The highest BCUT2D eigenvalue weighted by Crippen LogP contribution is 2.30.